The number of hydrogen-bond acceptors (Lipinski definition) is 5. The molecule has 1 saturated heterocycles. The summed E-state index contributed by atoms with van der Waals surface area (Å²) in [6.45, 7) is 4.09. The van der Waals surface area contributed by atoms with Crippen LogP contribution in [0, 0.1) is 0 Å². The van der Waals surface area contributed by atoms with Crippen LogP contribution in [0.2, 0.25) is 0 Å². The maximum atomic E-state index is 12.0. The number of nitrogens with one attached hydrogen (secondary N) is 1. The molecule has 6 nitrogen and oxygen atoms in total. The fourth-order valence-electron chi connectivity index (χ4n) is 2.79. The first-order valence-electron chi connectivity index (χ1n) is 8.74. The third kappa shape index (κ3) is 5.41. The van der Waals surface area contributed by atoms with Gasteiger partial charge in [0.15, 0.2) is 0 Å². The molecule has 0 spiro atoms. The molecule has 1 fully saturated rings. The Labute approximate surface area is 158 Å². The van der Waals surface area contributed by atoms with Gasteiger partial charge in [-0.2, -0.15) is 0 Å². The highest BCUT2D eigenvalue weighted by atomic mass is 16.6. The van der Waals surface area contributed by atoms with Gasteiger partial charge in [-0.3, -0.25) is 9.78 Å². The average molecular weight is 366 g/mol. The second-order valence-electron chi connectivity index (χ2n) is 7.00. The molecule has 140 valence electrons. The van der Waals surface area contributed by atoms with E-state index in [4.69, 9.17) is 9.47 Å². The number of carbonyl (C=O) groups excluding carboxylic acids is 2. The number of hydrogen-bond donors (Lipinski definition) is 1. The zero-order valence-corrected chi connectivity index (χ0v) is 15.3. The standard InChI is InChI=1S/C21H22N2O4/c1-21(2)12-18(20(25)27-21)23-19(24)10-7-15-5-8-17(9-6-15)26-14-16-4-3-11-22-13-16/h3-11,13,18H,12,14H2,1-2H3,(H,23,24). The maximum absolute atomic E-state index is 12.0. The Balaban J connectivity index is 1.50. The van der Waals surface area contributed by atoms with E-state index >= 15 is 0 Å². The van der Waals surface area contributed by atoms with E-state index in [0.717, 1.165) is 16.9 Å². The molecule has 1 aromatic carbocycles. The molecule has 27 heavy (non-hydrogen) atoms. The average Bonchev–Trinajstić information content (AvgIpc) is 2.91. The SMILES string of the molecule is CC1(C)CC(NC(=O)C=Cc2ccc(OCc3cccnc3)cc2)C(=O)O1. The Morgan fingerprint density at radius 1 is 1.33 bits per heavy atom. The lowest BCUT2D eigenvalue weighted by Gasteiger charge is -2.14. The number of carbonyl (C=O) groups is 2. The van der Waals surface area contributed by atoms with Gasteiger partial charge in [-0.1, -0.05) is 18.2 Å². The largest absolute Gasteiger partial charge is 0.489 e. The number of pyridine rings is 1. The molecular weight excluding hydrogens is 344 g/mol. The molecule has 0 aliphatic carbocycles. The molecule has 1 amide bonds. The van der Waals surface area contributed by atoms with Crippen molar-refractivity contribution in [2.45, 2.75) is 38.5 Å². The highest BCUT2D eigenvalue weighted by molar-refractivity contribution is 5.95. The van der Waals surface area contributed by atoms with Crippen molar-refractivity contribution < 1.29 is 19.1 Å². The molecule has 1 unspecified atom stereocenters. The molecule has 1 aliphatic rings. The molecule has 0 radical (unpaired) electrons. The van der Waals surface area contributed by atoms with E-state index in [-0.39, 0.29) is 5.91 Å². The number of cyclic esters (lactones) is 1. The van der Waals surface area contributed by atoms with E-state index in [2.05, 4.69) is 10.3 Å². The van der Waals surface area contributed by atoms with Gasteiger partial charge in [0, 0.05) is 30.5 Å². The fraction of sp³-hybridized carbons (Fsp3) is 0.286. The van der Waals surface area contributed by atoms with E-state index in [0.29, 0.717) is 13.0 Å². The fourth-order valence-corrected chi connectivity index (χ4v) is 2.79. The van der Waals surface area contributed by atoms with Gasteiger partial charge in [-0.15, -0.1) is 0 Å². The van der Waals surface area contributed by atoms with Gasteiger partial charge < -0.3 is 14.8 Å². The first-order valence-corrected chi connectivity index (χ1v) is 8.74. The summed E-state index contributed by atoms with van der Waals surface area (Å²) < 4.78 is 10.9. The summed E-state index contributed by atoms with van der Waals surface area (Å²) >= 11 is 0. The molecular formula is C21H22N2O4. The Bertz CT molecular complexity index is 829. The van der Waals surface area contributed by atoms with Crippen molar-refractivity contribution in [3.63, 3.8) is 0 Å². The molecule has 1 N–H and O–H groups in total. The van der Waals surface area contributed by atoms with Gasteiger partial charge in [0.05, 0.1) is 0 Å². The summed E-state index contributed by atoms with van der Waals surface area (Å²) in [6, 6.07) is 10.6. The summed E-state index contributed by atoms with van der Waals surface area (Å²) in [7, 11) is 0. The number of rotatable bonds is 6. The molecule has 3 rings (SSSR count). The van der Waals surface area contributed by atoms with Crippen molar-refractivity contribution in [2.75, 3.05) is 0 Å². The van der Waals surface area contributed by atoms with Gasteiger partial charge in [-0.05, 0) is 43.7 Å². The van der Waals surface area contributed by atoms with E-state index in [1.165, 1.54) is 6.08 Å². The van der Waals surface area contributed by atoms with Gasteiger partial charge in [0.1, 0.15) is 24.0 Å². The Hall–Kier alpha value is -3.15. The van der Waals surface area contributed by atoms with Gasteiger partial charge in [0.2, 0.25) is 5.91 Å². The van der Waals surface area contributed by atoms with Crippen LogP contribution in [-0.4, -0.2) is 28.5 Å². The first-order chi connectivity index (χ1) is 12.9. The summed E-state index contributed by atoms with van der Waals surface area (Å²) in [4.78, 5) is 27.8. The topological polar surface area (TPSA) is 77.5 Å². The predicted octanol–water partition coefficient (Wildman–Crippen LogP) is 2.88. The highest BCUT2D eigenvalue weighted by Gasteiger charge is 2.40. The van der Waals surface area contributed by atoms with Crippen LogP contribution in [0.4, 0.5) is 0 Å². The highest BCUT2D eigenvalue weighted by Crippen LogP contribution is 2.25. The minimum absolute atomic E-state index is 0.327. The first kappa shape index (κ1) is 18.6. The van der Waals surface area contributed by atoms with E-state index in [1.807, 2.05) is 50.2 Å². The van der Waals surface area contributed by atoms with Gasteiger partial charge in [-0.25, -0.2) is 4.79 Å². The van der Waals surface area contributed by atoms with Crippen LogP contribution in [0.15, 0.2) is 54.9 Å². The molecule has 6 heteroatoms. The van der Waals surface area contributed by atoms with Crippen molar-refractivity contribution in [3.8, 4) is 5.75 Å². The lowest BCUT2D eigenvalue weighted by Crippen LogP contribution is -2.37. The number of nitrogens with zero attached hydrogens (tertiary/aromatic N) is 1. The van der Waals surface area contributed by atoms with Crippen molar-refractivity contribution in [2.24, 2.45) is 0 Å². The Kier molecular flexibility index (Phi) is 5.54. The van der Waals surface area contributed by atoms with Crippen molar-refractivity contribution in [1.29, 1.82) is 0 Å². The van der Waals surface area contributed by atoms with Crippen LogP contribution in [0.3, 0.4) is 0 Å². The molecule has 0 saturated carbocycles. The van der Waals surface area contributed by atoms with Crippen molar-refractivity contribution in [3.05, 3.63) is 66.0 Å². The second-order valence-corrected chi connectivity index (χ2v) is 7.00. The predicted molar refractivity (Wildman–Crippen MR) is 101 cm³/mol. The number of benzene rings is 1. The minimum Gasteiger partial charge on any atom is -0.489 e. The number of amides is 1. The van der Waals surface area contributed by atoms with Crippen LogP contribution in [0.5, 0.6) is 5.75 Å². The summed E-state index contributed by atoms with van der Waals surface area (Å²) in [5, 5.41) is 2.67. The second kappa shape index (κ2) is 8.03. The number of aromatic nitrogens is 1. The molecule has 1 aliphatic heterocycles. The lowest BCUT2D eigenvalue weighted by atomic mass is 10.0. The Morgan fingerprint density at radius 3 is 2.74 bits per heavy atom. The third-order valence-corrected chi connectivity index (χ3v) is 4.11. The normalized spacial score (nSPS) is 18.3. The molecule has 2 heterocycles. The van der Waals surface area contributed by atoms with Crippen LogP contribution < -0.4 is 10.1 Å². The monoisotopic (exact) mass is 366 g/mol. The van der Waals surface area contributed by atoms with Crippen LogP contribution >= 0.6 is 0 Å². The van der Waals surface area contributed by atoms with E-state index in [9.17, 15) is 9.59 Å². The zero-order chi connectivity index (χ0) is 19.3. The van der Waals surface area contributed by atoms with Crippen LogP contribution in [0.25, 0.3) is 6.08 Å². The molecule has 1 atom stereocenters. The summed E-state index contributed by atoms with van der Waals surface area (Å²) in [5.74, 6) is 0.0137. The zero-order valence-electron chi connectivity index (χ0n) is 15.3. The minimum atomic E-state index is -0.597. The summed E-state index contributed by atoms with van der Waals surface area (Å²) in [5.41, 5.74) is 1.31. The quantitative estimate of drug-likeness (QED) is 0.628. The van der Waals surface area contributed by atoms with E-state index in [1.54, 1.807) is 18.5 Å². The lowest BCUT2D eigenvalue weighted by molar-refractivity contribution is -0.148. The van der Waals surface area contributed by atoms with Crippen LogP contribution in [0.1, 0.15) is 31.4 Å². The molecule has 0 bridgehead atoms. The van der Waals surface area contributed by atoms with Gasteiger partial charge in [0.25, 0.3) is 0 Å². The Morgan fingerprint density at radius 2 is 2.11 bits per heavy atom. The van der Waals surface area contributed by atoms with Crippen LogP contribution in [-0.2, 0) is 20.9 Å². The van der Waals surface area contributed by atoms with Crippen molar-refractivity contribution >= 4 is 18.0 Å². The smallest absolute Gasteiger partial charge is 0.329 e. The molecule has 2 aromatic rings. The molecule has 1 aromatic heterocycles. The number of ether oxygens (including phenoxy) is 2. The maximum Gasteiger partial charge on any atom is 0.329 e. The third-order valence-electron chi connectivity index (χ3n) is 4.11. The summed E-state index contributed by atoms with van der Waals surface area (Å²) in [6.07, 6.45) is 7.04. The number of esters is 1. The van der Waals surface area contributed by atoms with E-state index < -0.39 is 17.6 Å². The van der Waals surface area contributed by atoms with Gasteiger partial charge >= 0.3 is 5.97 Å². The van der Waals surface area contributed by atoms with Crippen molar-refractivity contribution in [1.82, 2.24) is 10.3 Å².